The van der Waals surface area contributed by atoms with Crippen molar-refractivity contribution in [3.63, 3.8) is 0 Å². The second-order valence-corrected chi connectivity index (χ2v) is 9.12. The molecule has 31 heavy (non-hydrogen) atoms. The first-order valence-electron chi connectivity index (χ1n) is 10.9. The Balaban J connectivity index is 1.36. The number of carbonyl (C=O) groups excluding carboxylic acids is 2. The number of hydrogen-bond donors (Lipinski definition) is 1. The zero-order chi connectivity index (χ0) is 22.0. The number of para-hydroxylation sites is 1. The molecule has 0 spiro atoms. The van der Waals surface area contributed by atoms with Gasteiger partial charge in [-0.15, -0.1) is 10.2 Å². The molecule has 1 N–H and O–H groups in total. The molecular formula is C22H29ClN6O2. The van der Waals surface area contributed by atoms with Crippen molar-refractivity contribution in [2.75, 3.05) is 25.0 Å². The number of aromatic nitrogens is 3. The van der Waals surface area contributed by atoms with E-state index in [1.807, 2.05) is 17.0 Å². The highest BCUT2D eigenvalue weighted by molar-refractivity contribution is 6.33. The number of benzene rings is 1. The molecule has 2 aliphatic heterocycles. The number of hydrogen-bond acceptors (Lipinski definition) is 4. The van der Waals surface area contributed by atoms with E-state index in [0.717, 1.165) is 37.6 Å². The van der Waals surface area contributed by atoms with Crippen molar-refractivity contribution in [2.24, 2.45) is 5.92 Å². The summed E-state index contributed by atoms with van der Waals surface area (Å²) in [6, 6.07) is 7.00. The van der Waals surface area contributed by atoms with Gasteiger partial charge in [-0.3, -0.25) is 4.79 Å². The van der Waals surface area contributed by atoms with Gasteiger partial charge in [0, 0.05) is 38.5 Å². The summed E-state index contributed by atoms with van der Waals surface area (Å²) in [5.74, 6) is 2.71. The number of likely N-dealkylation sites (tertiary alicyclic amines) is 1. The van der Waals surface area contributed by atoms with Crippen LogP contribution in [0.2, 0.25) is 5.02 Å². The van der Waals surface area contributed by atoms with Crippen molar-refractivity contribution in [1.82, 2.24) is 24.6 Å². The van der Waals surface area contributed by atoms with E-state index in [-0.39, 0.29) is 11.9 Å². The normalized spacial score (nSPS) is 17.0. The van der Waals surface area contributed by atoms with Gasteiger partial charge in [0.1, 0.15) is 5.82 Å². The van der Waals surface area contributed by atoms with E-state index < -0.39 is 0 Å². The first-order valence-corrected chi connectivity index (χ1v) is 11.3. The van der Waals surface area contributed by atoms with Crippen LogP contribution in [0.5, 0.6) is 0 Å². The molecule has 9 heteroatoms. The lowest BCUT2D eigenvalue weighted by Gasteiger charge is -2.33. The molecule has 1 aromatic carbocycles. The summed E-state index contributed by atoms with van der Waals surface area (Å²) in [5.41, 5.74) is 0.598. The van der Waals surface area contributed by atoms with Crippen LogP contribution in [0.15, 0.2) is 24.3 Å². The molecule has 2 aliphatic rings. The lowest BCUT2D eigenvalue weighted by Crippen LogP contribution is -2.42. The average Bonchev–Trinajstić information content (AvgIpc) is 3.18. The molecule has 1 aromatic heterocycles. The van der Waals surface area contributed by atoms with Crippen LogP contribution in [0.25, 0.3) is 0 Å². The Kier molecular flexibility index (Phi) is 6.46. The molecule has 166 valence electrons. The largest absolute Gasteiger partial charge is 0.343 e. The Morgan fingerprint density at radius 1 is 1.10 bits per heavy atom. The number of anilines is 1. The molecule has 0 atom stereocenters. The number of amides is 3. The fraction of sp³-hybridized carbons (Fsp3) is 0.545. The summed E-state index contributed by atoms with van der Waals surface area (Å²) in [5, 5.41) is 12.2. The molecule has 2 aromatic rings. The minimum Gasteiger partial charge on any atom is -0.343 e. The van der Waals surface area contributed by atoms with E-state index >= 15 is 0 Å². The second-order valence-electron chi connectivity index (χ2n) is 8.71. The lowest BCUT2D eigenvalue weighted by molar-refractivity contribution is -0.133. The maximum Gasteiger partial charge on any atom is 0.322 e. The number of nitrogens with zero attached hydrogens (tertiary/aromatic N) is 5. The summed E-state index contributed by atoms with van der Waals surface area (Å²) in [6.45, 7) is 7.35. The van der Waals surface area contributed by atoms with Gasteiger partial charge < -0.3 is 19.7 Å². The Hall–Kier alpha value is -2.61. The second kappa shape index (κ2) is 9.26. The summed E-state index contributed by atoms with van der Waals surface area (Å²) in [6.07, 6.45) is 2.41. The van der Waals surface area contributed by atoms with Gasteiger partial charge in [0.2, 0.25) is 5.91 Å². The predicted molar refractivity (Wildman–Crippen MR) is 119 cm³/mol. The molecule has 8 nitrogen and oxygen atoms in total. The SMILES string of the molecule is CC(C)CC(=O)N1CCC(c2nnc3n2CCN(C(=O)Nc2ccccc2Cl)C3)CC1. The Morgan fingerprint density at radius 3 is 2.55 bits per heavy atom. The van der Waals surface area contributed by atoms with Crippen LogP contribution in [-0.4, -0.2) is 56.1 Å². The van der Waals surface area contributed by atoms with Crippen molar-refractivity contribution in [3.05, 3.63) is 40.9 Å². The molecule has 1 fully saturated rings. The third-order valence-corrected chi connectivity index (χ3v) is 6.31. The van der Waals surface area contributed by atoms with Gasteiger partial charge in [0.05, 0.1) is 17.3 Å². The highest BCUT2D eigenvalue weighted by Gasteiger charge is 2.31. The Bertz CT molecular complexity index is 951. The lowest BCUT2D eigenvalue weighted by atomic mass is 9.95. The molecule has 0 radical (unpaired) electrons. The summed E-state index contributed by atoms with van der Waals surface area (Å²) in [7, 11) is 0. The van der Waals surface area contributed by atoms with Crippen LogP contribution in [-0.2, 0) is 17.9 Å². The molecule has 0 bridgehead atoms. The van der Waals surface area contributed by atoms with E-state index in [2.05, 4.69) is 33.9 Å². The van der Waals surface area contributed by atoms with Crippen LogP contribution >= 0.6 is 11.6 Å². The monoisotopic (exact) mass is 444 g/mol. The Labute approximate surface area is 187 Å². The summed E-state index contributed by atoms with van der Waals surface area (Å²) < 4.78 is 2.15. The van der Waals surface area contributed by atoms with E-state index in [4.69, 9.17) is 11.6 Å². The van der Waals surface area contributed by atoms with E-state index in [9.17, 15) is 9.59 Å². The van der Waals surface area contributed by atoms with Crippen molar-refractivity contribution in [2.45, 2.75) is 52.1 Å². The van der Waals surface area contributed by atoms with Gasteiger partial charge in [-0.1, -0.05) is 37.6 Å². The number of carbonyl (C=O) groups is 2. The van der Waals surface area contributed by atoms with Crippen LogP contribution in [0.3, 0.4) is 0 Å². The highest BCUT2D eigenvalue weighted by atomic mass is 35.5. The quantitative estimate of drug-likeness (QED) is 0.778. The fourth-order valence-corrected chi connectivity index (χ4v) is 4.46. The van der Waals surface area contributed by atoms with Crippen molar-refractivity contribution in [1.29, 1.82) is 0 Å². The van der Waals surface area contributed by atoms with Gasteiger partial charge in [-0.25, -0.2) is 4.79 Å². The molecule has 4 rings (SSSR count). The van der Waals surface area contributed by atoms with Gasteiger partial charge in [0.15, 0.2) is 5.82 Å². The first kappa shape index (κ1) is 21.6. The maximum atomic E-state index is 12.7. The van der Waals surface area contributed by atoms with Crippen LogP contribution in [0.4, 0.5) is 10.5 Å². The number of nitrogens with one attached hydrogen (secondary N) is 1. The van der Waals surface area contributed by atoms with Crippen LogP contribution in [0.1, 0.15) is 50.7 Å². The first-order chi connectivity index (χ1) is 14.9. The van der Waals surface area contributed by atoms with Gasteiger partial charge in [-0.05, 0) is 30.9 Å². The Morgan fingerprint density at radius 2 is 1.84 bits per heavy atom. The number of rotatable bonds is 4. The topological polar surface area (TPSA) is 83.4 Å². The van der Waals surface area contributed by atoms with Crippen LogP contribution < -0.4 is 5.32 Å². The minimum atomic E-state index is -0.194. The van der Waals surface area contributed by atoms with Gasteiger partial charge in [0.25, 0.3) is 0 Å². The van der Waals surface area contributed by atoms with E-state index in [1.165, 1.54) is 0 Å². The standard InChI is InChI=1S/C22H29ClN6O2/c1-15(2)13-20(30)27-9-7-16(8-10-27)21-26-25-19-14-28(11-12-29(19)21)22(31)24-18-6-4-3-5-17(18)23/h3-6,15-16H,7-14H2,1-2H3,(H,24,31). The molecule has 3 amide bonds. The van der Waals surface area contributed by atoms with Crippen LogP contribution in [0, 0.1) is 5.92 Å². The van der Waals surface area contributed by atoms with E-state index in [0.29, 0.717) is 48.6 Å². The molecule has 0 saturated carbocycles. The minimum absolute atomic E-state index is 0.194. The zero-order valence-corrected chi connectivity index (χ0v) is 18.8. The maximum absolute atomic E-state index is 12.7. The van der Waals surface area contributed by atoms with Crippen molar-refractivity contribution in [3.8, 4) is 0 Å². The van der Waals surface area contributed by atoms with E-state index in [1.54, 1.807) is 17.0 Å². The van der Waals surface area contributed by atoms with Crippen molar-refractivity contribution < 1.29 is 9.59 Å². The van der Waals surface area contributed by atoms with Gasteiger partial charge in [-0.2, -0.15) is 0 Å². The van der Waals surface area contributed by atoms with Gasteiger partial charge >= 0.3 is 6.03 Å². The smallest absolute Gasteiger partial charge is 0.322 e. The molecule has 0 aliphatic carbocycles. The number of urea groups is 1. The number of fused-ring (bicyclic) bond motifs is 1. The zero-order valence-electron chi connectivity index (χ0n) is 18.1. The predicted octanol–water partition coefficient (Wildman–Crippen LogP) is 3.73. The summed E-state index contributed by atoms with van der Waals surface area (Å²) in [4.78, 5) is 28.7. The number of halogens is 1. The third kappa shape index (κ3) is 4.84. The number of piperidine rings is 1. The molecule has 0 unspecified atom stereocenters. The third-order valence-electron chi connectivity index (χ3n) is 5.98. The molecular weight excluding hydrogens is 416 g/mol. The fourth-order valence-electron chi connectivity index (χ4n) is 4.28. The van der Waals surface area contributed by atoms with Crippen molar-refractivity contribution >= 4 is 29.2 Å². The highest BCUT2D eigenvalue weighted by Crippen LogP contribution is 2.29. The molecule has 3 heterocycles. The summed E-state index contributed by atoms with van der Waals surface area (Å²) >= 11 is 6.15. The molecule has 1 saturated heterocycles. The average molecular weight is 445 g/mol.